The molecule has 0 unspecified atom stereocenters. The molecule has 1 fully saturated rings. The molecule has 1 aliphatic heterocycles. The molecule has 1 aliphatic rings. The summed E-state index contributed by atoms with van der Waals surface area (Å²) in [6.07, 6.45) is -4.68. The van der Waals surface area contributed by atoms with Crippen LogP contribution >= 0.6 is 11.3 Å². The van der Waals surface area contributed by atoms with Crippen molar-refractivity contribution in [2.24, 2.45) is 0 Å². The van der Waals surface area contributed by atoms with Crippen molar-refractivity contribution >= 4 is 35.2 Å². The number of aromatic carboxylic acids is 1. The van der Waals surface area contributed by atoms with Gasteiger partial charge in [0.15, 0.2) is 24.0 Å². The fourth-order valence-corrected chi connectivity index (χ4v) is 5.06. The minimum Gasteiger partial charge on any atom is -0.476 e. The molecule has 5 rings (SSSR count). The maximum absolute atomic E-state index is 13.1. The van der Waals surface area contributed by atoms with Crippen molar-refractivity contribution in [1.82, 2.24) is 4.98 Å². The van der Waals surface area contributed by atoms with Gasteiger partial charge in [-0.3, -0.25) is 0 Å². The first-order chi connectivity index (χ1) is 19.9. The molecule has 0 amide bonds. The minimum atomic E-state index is -1.25. The number of ether oxygens (including phenoxy) is 4. The Balaban J connectivity index is 1.47. The zero-order valence-electron chi connectivity index (χ0n) is 21.3. The number of thiazole rings is 1. The largest absolute Gasteiger partial charge is 0.476 e. The van der Waals surface area contributed by atoms with E-state index in [1.807, 2.05) is 0 Å². The maximum atomic E-state index is 13.1. The van der Waals surface area contributed by atoms with Gasteiger partial charge in [0.2, 0.25) is 0 Å². The van der Waals surface area contributed by atoms with Gasteiger partial charge in [-0.2, -0.15) is 0 Å². The second kappa shape index (κ2) is 12.5. The van der Waals surface area contributed by atoms with Crippen molar-refractivity contribution in [3.05, 3.63) is 124 Å². The van der Waals surface area contributed by atoms with Gasteiger partial charge in [0.1, 0.15) is 17.7 Å². The predicted molar refractivity (Wildman–Crippen MR) is 145 cm³/mol. The molecule has 4 atom stereocenters. The Labute approximate surface area is 238 Å². The van der Waals surface area contributed by atoms with Crippen LogP contribution in [-0.2, 0) is 18.9 Å². The molecule has 10 nitrogen and oxygen atoms in total. The van der Waals surface area contributed by atoms with Crippen LogP contribution in [-0.4, -0.2) is 58.9 Å². The Kier molecular flexibility index (Phi) is 8.47. The van der Waals surface area contributed by atoms with Crippen LogP contribution in [0.5, 0.6) is 0 Å². The maximum Gasteiger partial charge on any atom is 0.355 e. The van der Waals surface area contributed by atoms with E-state index < -0.39 is 48.3 Å². The lowest BCUT2D eigenvalue weighted by molar-refractivity contribution is -0.0450. The summed E-state index contributed by atoms with van der Waals surface area (Å²) in [5.74, 6) is -3.32. The van der Waals surface area contributed by atoms with E-state index >= 15 is 0 Å². The number of benzene rings is 3. The van der Waals surface area contributed by atoms with Crippen LogP contribution in [0, 0.1) is 0 Å². The van der Waals surface area contributed by atoms with Crippen molar-refractivity contribution in [2.75, 3.05) is 6.61 Å². The highest BCUT2D eigenvalue weighted by molar-refractivity contribution is 7.09. The molecule has 208 valence electrons. The third kappa shape index (κ3) is 6.48. The van der Waals surface area contributed by atoms with Crippen LogP contribution in [0.15, 0.2) is 96.4 Å². The summed E-state index contributed by atoms with van der Waals surface area (Å²) in [5, 5.41) is 10.9. The third-order valence-electron chi connectivity index (χ3n) is 6.19. The molecular weight excluding hydrogens is 550 g/mol. The van der Waals surface area contributed by atoms with E-state index in [1.54, 1.807) is 91.0 Å². The van der Waals surface area contributed by atoms with E-state index in [1.165, 1.54) is 5.38 Å². The highest BCUT2D eigenvalue weighted by Crippen LogP contribution is 2.39. The third-order valence-corrected chi connectivity index (χ3v) is 7.09. The van der Waals surface area contributed by atoms with Gasteiger partial charge in [-0.05, 0) is 36.4 Å². The highest BCUT2D eigenvalue weighted by atomic mass is 32.1. The first-order valence-corrected chi connectivity index (χ1v) is 13.4. The number of hydrogen-bond acceptors (Lipinski definition) is 10. The van der Waals surface area contributed by atoms with Crippen LogP contribution in [0.25, 0.3) is 0 Å². The molecule has 11 heteroatoms. The number of aromatic nitrogens is 1. The monoisotopic (exact) mass is 573 g/mol. The zero-order valence-corrected chi connectivity index (χ0v) is 22.1. The normalized spacial score (nSPS) is 19.7. The van der Waals surface area contributed by atoms with E-state index in [4.69, 9.17) is 18.9 Å². The van der Waals surface area contributed by atoms with E-state index in [-0.39, 0.29) is 28.4 Å². The molecule has 0 radical (unpaired) electrons. The number of carboxylic acids is 1. The van der Waals surface area contributed by atoms with Gasteiger partial charge in [0.05, 0.1) is 16.7 Å². The Morgan fingerprint density at radius 1 is 0.732 bits per heavy atom. The lowest BCUT2D eigenvalue weighted by atomic mass is 10.1. The first-order valence-electron chi connectivity index (χ1n) is 12.5. The molecule has 1 aromatic heterocycles. The summed E-state index contributed by atoms with van der Waals surface area (Å²) in [6.45, 7) is -0.354. The van der Waals surface area contributed by atoms with Crippen molar-refractivity contribution in [2.45, 2.75) is 24.4 Å². The van der Waals surface area contributed by atoms with E-state index in [2.05, 4.69) is 4.98 Å². The molecule has 0 aliphatic carbocycles. The van der Waals surface area contributed by atoms with Gasteiger partial charge < -0.3 is 24.1 Å². The van der Waals surface area contributed by atoms with Crippen molar-refractivity contribution in [3.8, 4) is 0 Å². The van der Waals surface area contributed by atoms with Crippen molar-refractivity contribution < 1.29 is 43.2 Å². The quantitative estimate of drug-likeness (QED) is 0.223. The molecule has 4 aromatic rings. The first kappa shape index (κ1) is 27.7. The summed E-state index contributed by atoms with van der Waals surface area (Å²) in [6, 6.07) is 24.7. The van der Waals surface area contributed by atoms with Gasteiger partial charge in [-0.15, -0.1) is 11.3 Å². The number of carboxylic acid groups (broad SMARTS) is 1. The lowest BCUT2D eigenvalue weighted by Gasteiger charge is -2.24. The Bertz CT molecular complexity index is 1530. The van der Waals surface area contributed by atoms with Gasteiger partial charge in [0, 0.05) is 5.38 Å². The van der Waals surface area contributed by atoms with Gasteiger partial charge in [-0.1, -0.05) is 54.6 Å². The number of esters is 3. The summed E-state index contributed by atoms with van der Waals surface area (Å²) < 4.78 is 23.3. The smallest absolute Gasteiger partial charge is 0.355 e. The molecule has 0 saturated carbocycles. The molecule has 0 spiro atoms. The van der Waals surface area contributed by atoms with Gasteiger partial charge in [-0.25, -0.2) is 24.2 Å². The van der Waals surface area contributed by atoms with Crippen LogP contribution in [0.4, 0.5) is 0 Å². The lowest BCUT2D eigenvalue weighted by Crippen LogP contribution is -2.40. The molecule has 1 N–H and O–H groups in total. The molecule has 41 heavy (non-hydrogen) atoms. The van der Waals surface area contributed by atoms with E-state index in [0.29, 0.717) is 5.56 Å². The molecular formula is C30H23NO9S. The van der Waals surface area contributed by atoms with Crippen LogP contribution in [0.3, 0.4) is 0 Å². The second-order valence-electron chi connectivity index (χ2n) is 8.91. The number of rotatable bonds is 9. The molecule has 2 heterocycles. The molecule has 1 saturated heterocycles. The Morgan fingerprint density at radius 2 is 1.22 bits per heavy atom. The van der Waals surface area contributed by atoms with Gasteiger partial charge >= 0.3 is 23.9 Å². The fraction of sp³-hybridized carbons (Fsp3) is 0.167. The molecule has 3 aromatic carbocycles. The standard InChI is InChI=1S/C30H23NO9S/c32-27(33)21-17-41-26(31-21)25-24(40-30(36)20-14-8-3-9-15-20)23(39-29(35)19-12-6-2-7-13-19)22(38-25)16-37-28(34)18-10-4-1-5-11-18/h1-15,17,22-25H,16H2,(H,32,33)/t22-,23-,24-,25-/m0/s1. The van der Waals surface area contributed by atoms with Crippen molar-refractivity contribution in [1.29, 1.82) is 0 Å². The van der Waals surface area contributed by atoms with Crippen LogP contribution in [0.1, 0.15) is 52.7 Å². The number of hydrogen-bond donors (Lipinski definition) is 1. The summed E-state index contributed by atoms with van der Waals surface area (Å²) in [5.41, 5.74) is 0.562. The highest BCUT2D eigenvalue weighted by Gasteiger charge is 2.52. The number of carbonyl (C=O) groups is 4. The average molecular weight is 574 g/mol. The number of carbonyl (C=O) groups excluding carboxylic acids is 3. The number of nitrogens with zero attached hydrogens (tertiary/aromatic N) is 1. The second-order valence-corrected chi connectivity index (χ2v) is 9.80. The van der Waals surface area contributed by atoms with Crippen LogP contribution < -0.4 is 0 Å². The van der Waals surface area contributed by atoms with Crippen molar-refractivity contribution in [3.63, 3.8) is 0 Å². The fourth-order valence-electron chi connectivity index (χ4n) is 4.20. The topological polar surface area (TPSA) is 138 Å². The average Bonchev–Trinajstić information content (AvgIpc) is 3.63. The predicted octanol–water partition coefficient (Wildman–Crippen LogP) is 4.59. The minimum absolute atomic E-state index is 0.186. The Hall–Kier alpha value is -4.87. The molecule has 0 bridgehead atoms. The van der Waals surface area contributed by atoms with Crippen LogP contribution in [0.2, 0.25) is 0 Å². The van der Waals surface area contributed by atoms with E-state index in [9.17, 15) is 24.3 Å². The van der Waals surface area contributed by atoms with Gasteiger partial charge in [0.25, 0.3) is 0 Å². The SMILES string of the molecule is O=C(OC[C@@H]1O[C@H](c2nc(C(=O)O)cs2)[C@@H](OC(=O)c2ccccc2)[C@H]1OC(=O)c1ccccc1)c1ccccc1. The van der Waals surface area contributed by atoms with E-state index in [0.717, 1.165) is 11.3 Å². The summed E-state index contributed by atoms with van der Waals surface area (Å²) in [7, 11) is 0. The summed E-state index contributed by atoms with van der Waals surface area (Å²) in [4.78, 5) is 54.6. The Morgan fingerprint density at radius 3 is 1.71 bits per heavy atom. The summed E-state index contributed by atoms with van der Waals surface area (Å²) >= 11 is 0.986. The zero-order chi connectivity index (χ0) is 28.8.